The number of hydrogen-bond acceptors (Lipinski definition) is 5. The number of likely N-dealkylation sites (tertiary alicyclic amines) is 1. The van der Waals surface area contributed by atoms with Gasteiger partial charge in [-0.25, -0.2) is 9.50 Å². The van der Waals surface area contributed by atoms with Crippen LogP contribution in [0.2, 0.25) is 5.02 Å². The number of benzene rings is 1. The van der Waals surface area contributed by atoms with Crippen LogP contribution in [-0.4, -0.2) is 52.1 Å². The Balaban J connectivity index is 1.47. The molecule has 1 amide bonds. The summed E-state index contributed by atoms with van der Waals surface area (Å²) in [6, 6.07) is 7.11. The van der Waals surface area contributed by atoms with Crippen molar-refractivity contribution in [3.05, 3.63) is 52.3 Å². The number of piperidine rings is 1. The van der Waals surface area contributed by atoms with E-state index in [1.807, 2.05) is 15.5 Å². The molecule has 0 saturated carbocycles. The first kappa shape index (κ1) is 22.0. The summed E-state index contributed by atoms with van der Waals surface area (Å²) in [4.78, 5) is 22.7. The number of hydrogen-bond donors (Lipinski definition) is 0. The Kier molecular flexibility index (Phi) is 5.91. The number of fused-ring (bicyclic) bond motifs is 1. The number of carbonyl (C=O) groups is 1. The van der Waals surface area contributed by atoms with Crippen molar-refractivity contribution >= 4 is 29.0 Å². The van der Waals surface area contributed by atoms with E-state index in [1.165, 1.54) is 6.42 Å². The first-order valence-electron chi connectivity index (χ1n) is 11.7. The van der Waals surface area contributed by atoms with E-state index in [1.54, 1.807) is 25.3 Å². The van der Waals surface area contributed by atoms with Crippen molar-refractivity contribution in [1.82, 2.24) is 19.5 Å². The molecule has 2 saturated heterocycles. The molecule has 2 aliphatic rings. The average Bonchev–Trinajstić information content (AvgIpc) is 3.43. The molecule has 2 fully saturated rings. The van der Waals surface area contributed by atoms with Gasteiger partial charge in [-0.2, -0.15) is 5.10 Å². The summed E-state index contributed by atoms with van der Waals surface area (Å²) in [5.41, 5.74) is 3.37. The predicted octanol–water partition coefficient (Wildman–Crippen LogP) is 4.91. The van der Waals surface area contributed by atoms with E-state index in [4.69, 9.17) is 26.4 Å². The van der Waals surface area contributed by atoms with Gasteiger partial charge < -0.3 is 14.5 Å². The van der Waals surface area contributed by atoms with Gasteiger partial charge >= 0.3 is 0 Å². The third kappa shape index (κ3) is 4.26. The molecule has 2 aliphatic heterocycles. The van der Waals surface area contributed by atoms with Gasteiger partial charge in [0.2, 0.25) is 0 Å². The van der Waals surface area contributed by atoms with Crippen LogP contribution in [-0.2, 0) is 0 Å². The second-order valence-corrected chi connectivity index (χ2v) is 9.79. The largest absolute Gasteiger partial charge is 0.497 e. The van der Waals surface area contributed by atoms with E-state index < -0.39 is 0 Å². The van der Waals surface area contributed by atoms with Crippen molar-refractivity contribution in [2.75, 3.05) is 31.6 Å². The number of carbonyl (C=O) groups excluding carboxylic acids is 1. The van der Waals surface area contributed by atoms with Crippen molar-refractivity contribution in [2.45, 2.75) is 45.6 Å². The standard InChI is InChI=1S/C25H30ClN5O2/c1-16-7-9-29(14-16)24-17(2)15-31-23(27-24)13-21(28-31)22-6-4-5-8-30(22)25(32)18-10-19(26)12-20(11-18)33-3/h10-13,15-16,22H,4-9,14H2,1-3H3/t16-,22-/m0/s1. The first-order valence-corrected chi connectivity index (χ1v) is 12.1. The molecule has 8 heteroatoms. The molecule has 33 heavy (non-hydrogen) atoms. The predicted molar refractivity (Wildman–Crippen MR) is 129 cm³/mol. The Bertz CT molecular complexity index is 1190. The molecule has 3 aromatic rings. The summed E-state index contributed by atoms with van der Waals surface area (Å²) in [6.07, 6.45) is 6.17. The van der Waals surface area contributed by atoms with Gasteiger partial charge in [-0.05, 0) is 56.7 Å². The molecule has 4 heterocycles. The van der Waals surface area contributed by atoms with Crippen LogP contribution in [0.15, 0.2) is 30.5 Å². The van der Waals surface area contributed by atoms with Gasteiger partial charge in [0.05, 0.1) is 18.8 Å². The molecule has 0 bridgehead atoms. The van der Waals surface area contributed by atoms with Gasteiger partial charge in [-0.1, -0.05) is 18.5 Å². The van der Waals surface area contributed by atoms with Crippen LogP contribution in [0.25, 0.3) is 5.65 Å². The molecule has 5 rings (SSSR count). The lowest BCUT2D eigenvalue weighted by atomic mass is 9.98. The highest BCUT2D eigenvalue weighted by molar-refractivity contribution is 6.31. The van der Waals surface area contributed by atoms with E-state index in [9.17, 15) is 4.79 Å². The van der Waals surface area contributed by atoms with Crippen molar-refractivity contribution in [1.29, 1.82) is 0 Å². The number of halogens is 1. The lowest BCUT2D eigenvalue weighted by Crippen LogP contribution is -2.38. The van der Waals surface area contributed by atoms with Crippen LogP contribution < -0.4 is 9.64 Å². The molecule has 2 atom stereocenters. The van der Waals surface area contributed by atoms with E-state index in [0.717, 1.165) is 55.1 Å². The number of amides is 1. The van der Waals surface area contributed by atoms with Crippen LogP contribution in [0.5, 0.6) is 5.75 Å². The fourth-order valence-electron chi connectivity index (χ4n) is 5.08. The molecule has 0 N–H and O–H groups in total. The Morgan fingerprint density at radius 2 is 2.00 bits per heavy atom. The van der Waals surface area contributed by atoms with Crippen LogP contribution in [0.1, 0.15) is 60.3 Å². The molecular weight excluding hydrogens is 438 g/mol. The maximum absolute atomic E-state index is 13.5. The maximum atomic E-state index is 13.5. The van der Waals surface area contributed by atoms with Crippen molar-refractivity contribution in [3.63, 3.8) is 0 Å². The molecule has 0 aliphatic carbocycles. The lowest BCUT2D eigenvalue weighted by molar-refractivity contribution is 0.0605. The van der Waals surface area contributed by atoms with E-state index in [2.05, 4.69) is 24.9 Å². The quantitative estimate of drug-likeness (QED) is 0.545. The molecule has 1 aromatic carbocycles. The van der Waals surface area contributed by atoms with Crippen LogP contribution in [0.4, 0.5) is 5.82 Å². The molecule has 7 nitrogen and oxygen atoms in total. The first-order chi connectivity index (χ1) is 15.9. The van der Waals surface area contributed by atoms with Gasteiger partial charge in [-0.3, -0.25) is 4.79 Å². The summed E-state index contributed by atoms with van der Waals surface area (Å²) in [5.74, 6) is 2.26. The Morgan fingerprint density at radius 3 is 2.76 bits per heavy atom. The van der Waals surface area contributed by atoms with Crippen LogP contribution >= 0.6 is 11.6 Å². The summed E-state index contributed by atoms with van der Waals surface area (Å²) >= 11 is 6.23. The number of ether oxygens (including phenoxy) is 1. The third-order valence-corrected chi connectivity index (χ3v) is 7.02. The fraction of sp³-hybridized carbons (Fsp3) is 0.480. The maximum Gasteiger partial charge on any atom is 0.254 e. The molecule has 174 valence electrons. The highest BCUT2D eigenvalue weighted by atomic mass is 35.5. The molecule has 2 aromatic heterocycles. The van der Waals surface area contributed by atoms with Crippen molar-refractivity contribution in [2.24, 2.45) is 5.92 Å². The normalized spacial score (nSPS) is 21.1. The van der Waals surface area contributed by atoms with Gasteiger partial charge in [0.1, 0.15) is 11.6 Å². The zero-order valence-corrected chi connectivity index (χ0v) is 20.2. The van der Waals surface area contributed by atoms with Gasteiger partial charge in [-0.15, -0.1) is 0 Å². The number of methoxy groups -OCH3 is 1. The fourth-order valence-corrected chi connectivity index (χ4v) is 5.31. The zero-order chi connectivity index (χ0) is 23.1. The minimum atomic E-state index is -0.0894. The van der Waals surface area contributed by atoms with E-state index >= 15 is 0 Å². The molecular formula is C25H30ClN5O2. The Labute approximate surface area is 199 Å². The van der Waals surface area contributed by atoms with Gasteiger partial charge in [0.25, 0.3) is 5.91 Å². The van der Waals surface area contributed by atoms with Crippen LogP contribution in [0.3, 0.4) is 0 Å². The molecule has 0 spiro atoms. The van der Waals surface area contributed by atoms with Crippen molar-refractivity contribution < 1.29 is 9.53 Å². The van der Waals surface area contributed by atoms with Crippen molar-refractivity contribution in [3.8, 4) is 5.75 Å². The minimum Gasteiger partial charge on any atom is -0.497 e. The summed E-state index contributed by atoms with van der Waals surface area (Å²) in [6.45, 7) is 7.15. The SMILES string of the molecule is COc1cc(Cl)cc(C(=O)N2CCCC[C@H]2c2cc3nc(N4CC[C@H](C)C4)c(C)cn3n2)c1. The number of aromatic nitrogens is 3. The summed E-state index contributed by atoms with van der Waals surface area (Å²) < 4.78 is 7.17. The summed E-state index contributed by atoms with van der Waals surface area (Å²) in [5, 5.41) is 5.34. The number of aryl methyl sites for hydroxylation is 1. The molecule has 0 radical (unpaired) electrons. The highest BCUT2D eigenvalue weighted by Gasteiger charge is 2.31. The van der Waals surface area contributed by atoms with Crippen LogP contribution in [0, 0.1) is 12.8 Å². The second-order valence-electron chi connectivity index (χ2n) is 9.35. The Hall–Kier alpha value is -2.80. The number of nitrogens with zero attached hydrogens (tertiary/aromatic N) is 5. The third-order valence-electron chi connectivity index (χ3n) is 6.81. The second kappa shape index (κ2) is 8.86. The van der Waals surface area contributed by atoms with E-state index in [-0.39, 0.29) is 11.9 Å². The Morgan fingerprint density at radius 1 is 1.15 bits per heavy atom. The number of rotatable bonds is 4. The topological polar surface area (TPSA) is 63.0 Å². The average molecular weight is 468 g/mol. The van der Waals surface area contributed by atoms with Gasteiger partial charge in [0, 0.05) is 48.0 Å². The minimum absolute atomic E-state index is 0.0477. The monoisotopic (exact) mass is 467 g/mol. The molecule has 0 unspecified atom stereocenters. The summed E-state index contributed by atoms with van der Waals surface area (Å²) in [7, 11) is 1.58. The lowest BCUT2D eigenvalue weighted by Gasteiger charge is -2.34. The highest BCUT2D eigenvalue weighted by Crippen LogP contribution is 2.34. The smallest absolute Gasteiger partial charge is 0.254 e. The zero-order valence-electron chi connectivity index (χ0n) is 19.4. The van der Waals surface area contributed by atoms with Gasteiger partial charge in [0.15, 0.2) is 5.65 Å². The van der Waals surface area contributed by atoms with E-state index in [0.29, 0.717) is 28.8 Å². The number of anilines is 1.